The van der Waals surface area contributed by atoms with E-state index in [1.54, 1.807) is 0 Å². The lowest BCUT2D eigenvalue weighted by atomic mass is 10.3. The van der Waals surface area contributed by atoms with Gasteiger partial charge in [0.15, 0.2) is 0 Å². The van der Waals surface area contributed by atoms with Gasteiger partial charge >= 0.3 is 0 Å². The van der Waals surface area contributed by atoms with E-state index >= 15 is 0 Å². The maximum absolute atomic E-state index is 10.4. The standard InChI is InChI=1S/C10H22N2O2/c1-3-5-12(6-4-2)7-8-14-9-10(11)13/h3-9H2,1-2H3,(H2,11,13). The van der Waals surface area contributed by atoms with Gasteiger partial charge in [-0.3, -0.25) is 4.79 Å². The van der Waals surface area contributed by atoms with Gasteiger partial charge in [-0.05, 0) is 25.9 Å². The van der Waals surface area contributed by atoms with E-state index in [0.29, 0.717) is 6.61 Å². The maximum Gasteiger partial charge on any atom is 0.243 e. The number of rotatable bonds is 9. The molecule has 1 amide bonds. The van der Waals surface area contributed by atoms with E-state index in [9.17, 15) is 4.79 Å². The summed E-state index contributed by atoms with van der Waals surface area (Å²) in [7, 11) is 0. The SMILES string of the molecule is CCCN(CCC)CCOCC(N)=O. The second-order valence-corrected chi connectivity index (χ2v) is 3.36. The van der Waals surface area contributed by atoms with Crippen LogP contribution in [0.4, 0.5) is 0 Å². The van der Waals surface area contributed by atoms with Gasteiger partial charge in [0.1, 0.15) is 6.61 Å². The van der Waals surface area contributed by atoms with Crippen LogP contribution in [-0.4, -0.2) is 43.7 Å². The number of nitrogens with zero attached hydrogens (tertiary/aromatic N) is 1. The van der Waals surface area contributed by atoms with Gasteiger partial charge in [0.2, 0.25) is 5.91 Å². The van der Waals surface area contributed by atoms with E-state index in [-0.39, 0.29) is 6.61 Å². The Labute approximate surface area is 86.4 Å². The van der Waals surface area contributed by atoms with Crippen molar-refractivity contribution in [2.24, 2.45) is 5.73 Å². The smallest absolute Gasteiger partial charge is 0.243 e. The minimum atomic E-state index is -0.400. The first-order valence-electron chi connectivity index (χ1n) is 5.29. The summed E-state index contributed by atoms with van der Waals surface area (Å²) in [6.45, 7) is 8.01. The molecule has 4 heteroatoms. The minimum Gasteiger partial charge on any atom is -0.370 e. The second-order valence-electron chi connectivity index (χ2n) is 3.36. The zero-order chi connectivity index (χ0) is 10.8. The highest BCUT2D eigenvalue weighted by Gasteiger charge is 2.02. The predicted molar refractivity (Wildman–Crippen MR) is 57.0 cm³/mol. The molecule has 0 unspecified atom stereocenters. The number of nitrogens with two attached hydrogens (primary N) is 1. The summed E-state index contributed by atoms with van der Waals surface area (Å²) in [6.07, 6.45) is 2.30. The van der Waals surface area contributed by atoms with Crippen molar-refractivity contribution in [1.29, 1.82) is 0 Å². The van der Waals surface area contributed by atoms with Crippen molar-refractivity contribution < 1.29 is 9.53 Å². The molecule has 14 heavy (non-hydrogen) atoms. The number of carbonyl (C=O) groups is 1. The van der Waals surface area contributed by atoms with Gasteiger partial charge < -0.3 is 15.4 Å². The average Bonchev–Trinajstić information content (AvgIpc) is 2.12. The molecule has 84 valence electrons. The van der Waals surface area contributed by atoms with E-state index < -0.39 is 5.91 Å². The topological polar surface area (TPSA) is 55.6 Å². The summed E-state index contributed by atoms with van der Waals surface area (Å²) in [5.41, 5.74) is 4.95. The minimum absolute atomic E-state index is 0.0338. The van der Waals surface area contributed by atoms with Gasteiger partial charge in [0, 0.05) is 6.54 Å². The molecule has 0 aromatic rings. The molecule has 0 rings (SSSR count). The quantitative estimate of drug-likeness (QED) is 0.557. The molecule has 0 aromatic heterocycles. The Balaban J connectivity index is 3.44. The normalized spacial score (nSPS) is 10.8. The van der Waals surface area contributed by atoms with Crippen LogP contribution in [0, 0.1) is 0 Å². The Hall–Kier alpha value is -0.610. The van der Waals surface area contributed by atoms with E-state index in [1.165, 1.54) is 0 Å². The number of hydrogen-bond acceptors (Lipinski definition) is 3. The average molecular weight is 202 g/mol. The van der Waals surface area contributed by atoms with Crippen molar-refractivity contribution in [2.75, 3.05) is 32.8 Å². The molecule has 0 aliphatic carbocycles. The van der Waals surface area contributed by atoms with Crippen LogP contribution in [0.1, 0.15) is 26.7 Å². The molecule has 2 N–H and O–H groups in total. The van der Waals surface area contributed by atoms with E-state index in [4.69, 9.17) is 10.5 Å². The van der Waals surface area contributed by atoms with Crippen LogP contribution in [-0.2, 0) is 9.53 Å². The molecule has 0 aliphatic heterocycles. The van der Waals surface area contributed by atoms with E-state index in [0.717, 1.165) is 32.5 Å². The number of ether oxygens (including phenoxy) is 1. The lowest BCUT2D eigenvalue weighted by Gasteiger charge is -2.20. The maximum atomic E-state index is 10.4. The van der Waals surface area contributed by atoms with Crippen LogP contribution >= 0.6 is 0 Å². The van der Waals surface area contributed by atoms with Crippen molar-refractivity contribution >= 4 is 5.91 Å². The van der Waals surface area contributed by atoms with Crippen LogP contribution in [0.15, 0.2) is 0 Å². The Kier molecular flexibility index (Phi) is 8.57. The lowest BCUT2D eigenvalue weighted by Crippen LogP contribution is -2.30. The Morgan fingerprint density at radius 1 is 1.21 bits per heavy atom. The van der Waals surface area contributed by atoms with Gasteiger partial charge in [-0.2, -0.15) is 0 Å². The van der Waals surface area contributed by atoms with Gasteiger partial charge in [-0.15, -0.1) is 0 Å². The Bertz CT molecular complexity index is 145. The van der Waals surface area contributed by atoms with Crippen molar-refractivity contribution in [3.63, 3.8) is 0 Å². The molecule has 4 nitrogen and oxygen atoms in total. The predicted octanol–water partition coefficient (Wildman–Crippen LogP) is 0.610. The first kappa shape index (κ1) is 13.4. The van der Waals surface area contributed by atoms with Crippen LogP contribution in [0.5, 0.6) is 0 Å². The largest absolute Gasteiger partial charge is 0.370 e. The first-order chi connectivity index (χ1) is 6.70. The summed E-state index contributed by atoms with van der Waals surface area (Å²) >= 11 is 0. The Morgan fingerprint density at radius 3 is 2.21 bits per heavy atom. The summed E-state index contributed by atoms with van der Waals surface area (Å²) in [4.78, 5) is 12.7. The molecule has 0 saturated heterocycles. The molecule has 0 bridgehead atoms. The van der Waals surface area contributed by atoms with Crippen LogP contribution < -0.4 is 5.73 Å². The summed E-state index contributed by atoms with van der Waals surface area (Å²) in [5.74, 6) is -0.400. The Morgan fingerprint density at radius 2 is 1.79 bits per heavy atom. The molecular weight excluding hydrogens is 180 g/mol. The molecule has 0 spiro atoms. The third-order valence-electron chi connectivity index (χ3n) is 1.88. The summed E-state index contributed by atoms with van der Waals surface area (Å²) in [5, 5.41) is 0. The fourth-order valence-corrected chi connectivity index (χ4v) is 1.33. The zero-order valence-electron chi connectivity index (χ0n) is 9.29. The highest BCUT2D eigenvalue weighted by atomic mass is 16.5. The molecule has 0 fully saturated rings. The second kappa shape index (κ2) is 8.97. The summed E-state index contributed by atoms with van der Waals surface area (Å²) < 4.78 is 5.10. The molecule has 0 aromatic carbocycles. The van der Waals surface area contributed by atoms with Gasteiger partial charge in [0.05, 0.1) is 6.61 Å². The fraction of sp³-hybridized carbons (Fsp3) is 0.900. The monoisotopic (exact) mass is 202 g/mol. The number of hydrogen-bond donors (Lipinski definition) is 1. The van der Waals surface area contributed by atoms with Crippen LogP contribution in [0.2, 0.25) is 0 Å². The summed E-state index contributed by atoms with van der Waals surface area (Å²) in [6, 6.07) is 0. The van der Waals surface area contributed by atoms with E-state index in [2.05, 4.69) is 18.7 Å². The van der Waals surface area contributed by atoms with Gasteiger partial charge in [0.25, 0.3) is 0 Å². The third kappa shape index (κ3) is 8.01. The fourth-order valence-electron chi connectivity index (χ4n) is 1.33. The van der Waals surface area contributed by atoms with E-state index in [1.807, 2.05) is 0 Å². The van der Waals surface area contributed by atoms with Crippen molar-refractivity contribution in [2.45, 2.75) is 26.7 Å². The highest BCUT2D eigenvalue weighted by molar-refractivity contribution is 5.74. The van der Waals surface area contributed by atoms with Crippen LogP contribution in [0.3, 0.4) is 0 Å². The molecular formula is C10H22N2O2. The number of carbonyl (C=O) groups excluding carboxylic acids is 1. The molecule has 0 saturated carbocycles. The lowest BCUT2D eigenvalue weighted by molar-refractivity contribution is -0.122. The van der Waals surface area contributed by atoms with Crippen LogP contribution in [0.25, 0.3) is 0 Å². The van der Waals surface area contributed by atoms with Gasteiger partial charge in [-0.1, -0.05) is 13.8 Å². The van der Waals surface area contributed by atoms with Gasteiger partial charge in [-0.25, -0.2) is 0 Å². The molecule has 0 atom stereocenters. The molecule has 0 heterocycles. The third-order valence-corrected chi connectivity index (χ3v) is 1.88. The molecule has 0 aliphatic rings. The van der Waals surface area contributed by atoms with Crippen molar-refractivity contribution in [3.8, 4) is 0 Å². The first-order valence-corrected chi connectivity index (χ1v) is 5.29. The zero-order valence-corrected chi connectivity index (χ0v) is 9.29. The number of primary amides is 1. The van der Waals surface area contributed by atoms with Crippen molar-refractivity contribution in [3.05, 3.63) is 0 Å². The van der Waals surface area contributed by atoms with Crippen molar-refractivity contribution in [1.82, 2.24) is 4.90 Å². The highest BCUT2D eigenvalue weighted by Crippen LogP contribution is 1.93. The molecule has 0 radical (unpaired) electrons. The number of amides is 1.